The van der Waals surface area contributed by atoms with E-state index in [1.165, 1.54) is 0 Å². The average molecular weight is 263 g/mol. The van der Waals surface area contributed by atoms with Crippen LogP contribution < -0.4 is 0 Å². The van der Waals surface area contributed by atoms with Crippen LogP contribution in [0, 0.1) is 0 Å². The van der Waals surface area contributed by atoms with Crippen LogP contribution in [0.1, 0.15) is 32.0 Å². The Morgan fingerprint density at radius 1 is 1.47 bits per heavy atom. The maximum absolute atomic E-state index is 5.11. The molecule has 0 radical (unpaired) electrons. The molecule has 0 aromatic carbocycles. The maximum Gasteiger partial charge on any atom is 0.226 e. The molecule has 6 nitrogen and oxygen atoms in total. The first-order chi connectivity index (χ1) is 9.19. The van der Waals surface area contributed by atoms with Crippen LogP contribution in [0.5, 0.6) is 0 Å². The third-order valence-corrected chi connectivity index (χ3v) is 3.29. The minimum Gasteiger partial charge on any atom is -0.339 e. The number of rotatable bonds is 7. The fourth-order valence-corrected chi connectivity index (χ4v) is 1.85. The van der Waals surface area contributed by atoms with E-state index in [1.54, 1.807) is 6.20 Å². The molecule has 2 aromatic heterocycles. The van der Waals surface area contributed by atoms with Gasteiger partial charge in [-0.1, -0.05) is 12.1 Å². The molecule has 6 heteroatoms. The minimum atomic E-state index is 0.438. The summed E-state index contributed by atoms with van der Waals surface area (Å²) in [4.78, 5) is 6.55. The number of hydrogen-bond acceptors (Lipinski definition) is 5. The molecule has 1 atom stereocenters. The van der Waals surface area contributed by atoms with E-state index in [0.29, 0.717) is 18.5 Å². The number of hydrogen-bond donors (Lipinski definition) is 0. The quantitative estimate of drug-likeness (QED) is 0.761. The summed E-state index contributed by atoms with van der Waals surface area (Å²) in [7, 11) is 2.08. The van der Waals surface area contributed by atoms with Crippen LogP contribution >= 0.6 is 0 Å². The largest absolute Gasteiger partial charge is 0.339 e. The summed E-state index contributed by atoms with van der Waals surface area (Å²) >= 11 is 0. The Balaban J connectivity index is 1.79. The van der Waals surface area contributed by atoms with Crippen LogP contribution in [0.2, 0.25) is 0 Å². The summed E-state index contributed by atoms with van der Waals surface area (Å²) in [5, 5.41) is 8.18. The van der Waals surface area contributed by atoms with Gasteiger partial charge in [0.05, 0.1) is 6.54 Å². The highest BCUT2D eigenvalue weighted by Gasteiger charge is 2.13. The normalized spacial score (nSPS) is 13.1. The van der Waals surface area contributed by atoms with E-state index < -0.39 is 0 Å². The van der Waals surface area contributed by atoms with Crippen molar-refractivity contribution in [3.8, 4) is 0 Å². The van der Waals surface area contributed by atoms with Gasteiger partial charge in [-0.05, 0) is 26.5 Å². The van der Waals surface area contributed by atoms with E-state index in [-0.39, 0.29) is 0 Å². The smallest absolute Gasteiger partial charge is 0.226 e. The first-order valence-electron chi connectivity index (χ1n) is 6.68. The second-order valence-electron chi connectivity index (χ2n) is 4.78. The van der Waals surface area contributed by atoms with Crippen molar-refractivity contribution < 1.29 is 4.52 Å². The highest BCUT2D eigenvalue weighted by Crippen LogP contribution is 2.08. The topological polar surface area (TPSA) is 60.0 Å². The number of aryl methyl sites for hydroxylation is 2. The molecule has 2 heterocycles. The van der Waals surface area contributed by atoms with Gasteiger partial charge in [0.25, 0.3) is 0 Å². The molecule has 0 amide bonds. The summed E-state index contributed by atoms with van der Waals surface area (Å²) in [5.41, 5.74) is 0. The monoisotopic (exact) mass is 263 g/mol. The van der Waals surface area contributed by atoms with Crippen molar-refractivity contribution in [2.24, 2.45) is 0 Å². The molecule has 0 aliphatic heterocycles. The maximum atomic E-state index is 5.11. The van der Waals surface area contributed by atoms with E-state index in [9.17, 15) is 0 Å². The molecule has 0 saturated heterocycles. The van der Waals surface area contributed by atoms with Crippen LogP contribution in [0.3, 0.4) is 0 Å². The Labute approximate surface area is 113 Å². The highest BCUT2D eigenvalue weighted by molar-refractivity contribution is 4.86. The summed E-state index contributed by atoms with van der Waals surface area (Å²) in [6.45, 7) is 5.84. The Hall–Kier alpha value is -1.69. The SMILES string of the molecule is CCc1nc(CN(C)C(C)CCn2cccn2)no1. The second kappa shape index (κ2) is 6.47. The Morgan fingerprint density at radius 2 is 2.32 bits per heavy atom. The second-order valence-corrected chi connectivity index (χ2v) is 4.78. The molecule has 19 heavy (non-hydrogen) atoms. The van der Waals surface area contributed by atoms with Gasteiger partial charge in [0.1, 0.15) is 0 Å². The molecule has 0 aliphatic rings. The van der Waals surface area contributed by atoms with Crippen LogP contribution in [0.25, 0.3) is 0 Å². The van der Waals surface area contributed by atoms with Crippen molar-refractivity contribution in [1.29, 1.82) is 0 Å². The van der Waals surface area contributed by atoms with Crippen molar-refractivity contribution in [3.05, 3.63) is 30.2 Å². The van der Waals surface area contributed by atoms with Gasteiger partial charge in [-0.15, -0.1) is 0 Å². The summed E-state index contributed by atoms with van der Waals surface area (Å²) in [6.07, 6.45) is 5.61. The third-order valence-electron chi connectivity index (χ3n) is 3.29. The van der Waals surface area contributed by atoms with Crippen molar-refractivity contribution in [3.63, 3.8) is 0 Å². The molecule has 0 fully saturated rings. The van der Waals surface area contributed by atoms with E-state index in [1.807, 2.05) is 23.9 Å². The average Bonchev–Trinajstić information content (AvgIpc) is 3.06. The molecule has 0 spiro atoms. The lowest BCUT2D eigenvalue weighted by Gasteiger charge is -2.23. The highest BCUT2D eigenvalue weighted by atomic mass is 16.5. The molecule has 1 unspecified atom stereocenters. The van der Waals surface area contributed by atoms with Gasteiger partial charge in [0, 0.05) is 31.4 Å². The van der Waals surface area contributed by atoms with Gasteiger partial charge >= 0.3 is 0 Å². The molecule has 104 valence electrons. The third kappa shape index (κ3) is 3.89. The fourth-order valence-electron chi connectivity index (χ4n) is 1.85. The minimum absolute atomic E-state index is 0.438. The van der Waals surface area contributed by atoms with Crippen molar-refractivity contribution in [2.75, 3.05) is 7.05 Å². The Kier molecular flexibility index (Phi) is 4.68. The molecule has 2 rings (SSSR count). The standard InChI is InChI=1S/C13H21N5O/c1-4-13-15-12(16-19-13)10-17(3)11(2)6-9-18-8-5-7-14-18/h5,7-8,11H,4,6,9-10H2,1-3H3. The van der Waals surface area contributed by atoms with Crippen LogP contribution in [0.4, 0.5) is 0 Å². The lowest BCUT2D eigenvalue weighted by Crippen LogP contribution is -2.30. The summed E-state index contributed by atoms with van der Waals surface area (Å²) < 4.78 is 7.06. The molecular weight excluding hydrogens is 242 g/mol. The van der Waals surface area contributed by atoms with Gasteiger partial charge in [-0.25, -0.2) is 0 Å². The molecule has 0 aliphatic carbocycles. The number of nitrogens with zero attached hydrogens (tertiary/aromatic N) is 5. The van der Waals surface area contributed by atoms with E-state index in [2.05, 4.69) is 34.1 Å². The molecule has 0 saturated carbocycles. The summed E-state index contributed by atoms with van der Waals surface area (Å²) in [5.74, 6) is 1.46. The van der Waals surface area contributed by atoms with Crippen LogP contribution in [-0.2, 0) is 19.5 Å². The zero-order valence-electron chi connectivity index (χ0n) is 11.8. The van der Waals surface area contributed by atoms with Gasteiger partial charge in [-0.2, -0.15) is 10.1 Å². The lowest BCUT2D eigenvalue weighted by molar-refractivity contribution is 0.220. The lowest BCUT2D eigenvalue weighted by atomic mass is 10.2. The van der Waals surface area contributed by atoms with Crippen LogP contribution in [0.15, 0.2) is 23.0 Å². The van der Waals surface area contributed by atoms with E-state index in [0.717, 1.165) is 25.2 Å². The van der Waals surface area contributed by atoms with Gasteiger partial charge < -0.3 is 4.52 Å². The molecule has 2 aromatic rings. The zero-order valence-corrected chi connectivity index (χ0v) is 11.8. The number of aromatic nitrogens is 4. The van der Waals surface area contributed by atoms with Crippen molar-refractivity contribution >= 4 is 0 Å². The fraction of sp³-hybridized carbons (Fsp3) is 0.615. The molecule has 0 bridgehead atoms. The van der Waals surface area contributed by atoms with Gasteiger partial charge in [0.15, 0.2) is 5.82 Å². The van der Waals surface area contributed by atoms with Gasteiger partial charge in [-0.3, -0.25) is 9.58 Å². The van der Waals surface area contributed by atoms with E-state index >= 15 is 0 Å². The van der Waals surface area contributed by atoms with Crippen molar-refractivity contribution in [2.45, 2.75) is 45.8 Å². The first-order valence-corrected chi connectivity index (χ1v) is 6.68. The van der Waals surface area contributed by atoms with Crippen molar-refractivity contribution in [1.82, 2.24) is 24.8 Å². The predicted octanol–water partition coefficient (Wildman–Crippen LogP) is 1.74. The van der Waals surface area contributed by atoms with Crippen LogP contribution in [-0.4, -0.2) is 37.9 Å². The zero-order chi connectivity index (χ0) is 13.7. The molecular formula is C13H21N5O. The predicted molar refractivity (Wildman–Crippen MR) is 71.4 cm³/mol. The van der Waals surface area contributed by atoms with Gasteiger partial charge in [0.2, 0.25) is 5.89 Å². The Bertz CT molecular complexity index is 479. The molecule has 0 N–H and O–H groups in total. The summed E-state index contributed by atoms with van der Waals surface area (Å²) in [6, 6.07) is 2.38. The Morgan fingerprint density at radius 3 is 2.95 bits per heavy atom. The van der Waals surface area contributed by atoms with E-state index in [4.69, 9.17) is 4.52 Å². The first kappa shape index (κ1) is 13.7.